The SMILES string of the molecule is CCCOCCOCCOc1ccccc1OCCC. The summed E-state index contributed by atoms with van der Waals surface area (Å²) in [5, 5.41) is 0. The molecule has 4 heteroatoms. The molecule has 0 atom stereocenters. The quantitative estimate of drug-likeness (QED) is 0.551. The number of hydrogen-bond donors (Lipinski definition) is 0. The summed E-state index contributed by atoms with van der Waals surface area (Å²) in [5.74, 6) is 1.56. The van der Waals surface area contributed by atoms with Crippen molar-refractivity contribution in [2.45, 2.75) is 26.7 Å². The number of rotatable bonds is 12. The van der Waals surface area contributed by atoms with Crippen molar-refractivity contribution in [3.63, 3.8) is 0 Å². The lowest BCUT2D eigenvalue weighted by Gasteiger charge is -2.12. The molecule has 114 valence electrons. The van der Waals surface area contributed by atoms with Gasteiger partial charge in [-0.1, -0.05) is 26.0 Å². The molecular weight excluding hydrogens is 256 g/mol. The van der Waals surface area contributed by atoms with Gasteiger partial charge < -0.3 is 18.9 Å². The molecule has 4 nitrogen and oxygen atoms in total. The Bertz CT molecular complexity index is 341. The molecule has 0 heterocycles. The largest absolute Gasteiger partial charge is 0.490 e. The predicted octanol–water partition coefficient (Wildman–Crippen LogP) is 3.30. The molecule has 1 rings (SSSR count). The Kier molecular flexibility index (Phi) is 9.70. The van der Waals surface area contributed by atoms with Crippen molar-refractivity contribution in [1.29, 1.82) is 0 Å². The molecule has 0 radical (unpaired) electrons. The summed E-state index contributed by atoms with van der Waals surface area (Å²) in [5.41, 5.74) is 0. The van der Waals surface area contributed by atoms with Crippen molar-refractivity contribution in [2.24, 2.45) is 0 Å². The standard InChI is InChI=1S/C16H26O4/c1-3-9-17-11-12-18-13-14-20-16-8-6-5-7-15(16)19-10-4-2/h5-8H,3-4,9-14H2,1-2H3. The molecule has 0 fully saturated rings. The molecular formula is C16H26O4. The Labute approximate surface area is 122 Å². The van der Waals surface area contributed by atoms with Gasteiger partial charge in [-0.3, -0.25) is 0 Å². The zero-order valence-electron chi connectivity index (χ0n) is 12.6. The van der Waals surface area contributed by atoms with Crippen LogP contribution >= 0.6 is 0 Å². The van der Waals surface area contributed by atoms with Gasteiger partial charge >= 0.3 is 0 Å². The molecule has 0 saturated heterocycles. The van der Waals surface area contributed by atoms with Crippen LogP contribution in [0.15, 0.2) is 24.3 Å². The smallest absolute Gasteiger partial charge is 0.161 e. The van der Waals surface area contributed by atoms with Gasteiger partial charge in [-0.2, -0.15) is 0 Å². The lowest BCUT2D eigenvalue weighted by Crippen LogP contribution is -2.11. The lowest BCUT2D eigenvalue weighted by molar-refractivity contribution is 0.0362. The molecule has 1 aromatic carbocycles. The number of para-hydroxylation sites is 2. The molecule has 0 amide bonds. The first-order valence-corrected chi connectivity index (χ1v) is 7.38. The van der Waals surface area contributed by atoms with Crippen LogP contribution < -0.4 is 9.47 Å². The van der Waals surface area contributed by atoms with Crippen LogP contribution in [0.5, 0.6) is 11.5 Å². The van der Waals surface area contributed by atoms with E-state index in [1.807, 2.05) is 24.3 Å². The Hall–Kier alpha value is -1.26. The Balaban J connectivity index is 2.15. The maximum absolute atomic E-state index is 5.67. The second kappa shape index (κ2) is 11.6. The third-order valence-corrected chi connectivity index (χ3v) is 2.52. The zero-order valence-corrected chi connectivity index (χ0v) is 12.6. The van der Waals surface area contributed by atoms with Crippen molar-refractivity contribution < 1.29 is 18.9 Å². The van der Waals surface area contributed by atoms with Gasteiger partial charge in [-0.25, -0.2) is 0 Å². The van der Waals surface area contributed by atoms with Gasteiger partial charge in [-0.05, 0) is 25.0 Å². The van der Waals surface area contributed by atoms with E-state index in [-0.39, 0.29) is 0 Å². The summed E-state index contributed by atoms with van der Waals surface area (Å²) < 4.78 is 22.1. The lowest BCUT2D eigenvalue weighted by atomic mass is 10.3. The molecule has 1 aromatic rings. The van der Waals surface area contributed by atoms with Crippen molar-refractivity contribution in [3.8, 4) is 11.5 Å². The van der Waals surface area contributed by atoms with Crippen molar-refractivity contribution in [3.05, 3.63) is 24.3 Å². The fraction of sp³-hybridized carbons (Fsp3) is 0.625. The molecule has 0 aliphatic carbocycles. The summed E-state index contributed by atoms with van der Waals surface area (Å²) in [6, 6.07) is 7.72. The molecule has 0 bridgehead atoms. The van der Waals surface area contributed by atoms with E-state index in [0.717, 1.165) is 30.9 Å². The first kappa shape index (κ1) is 16.8. The number of hydrogen-bond acceptors (Lipinski definition) is 4. The first-order valence-electron chi connectivity index (χ1n) is 7.38. The average Bonchev–Trinajstić information content (AvgIpc) is 2.49. The van der Waals surface area contributed by atoms with E-state index >= 15 is 0 Å². The maximum atomic E-state index is 5.67. The third-order valence-electron chi connectivity index (χ3n) is 2.52. The summed E-state index contributed by atoms with van der Waals surface area (Å²) in [7, 11) is 0. The Morgan fingerprint density at radius 1 is 0.650 bits per heavy atom. The Morgan fingerprint density at radius 3 is 1.75 bits per heavy atom. The number of benzene rings is 1. The minimum Gasteiger partial charge on any atom is -0.490 e. The summed E-state index contributed by atoms with van der Waals surface area (Å²) in [6.45, 7) is 7.98. The van der Waals surface area contributed by atoms with Crippen molar-refractivity contribution in [1.82, 2.24) is 0 Å². The monoisotopic (exact) mass is 282 g/mol. The fourth-order valence-corrected chi connectivity index (χ4v) is 1.58. The minimum atomic E-state index is 0.514. The van der Waals surface area contributed by atoms with Crippen LogP contribution in [0.4, 0.5) is 0 Å². The molecule has 0 unspecified atom stereocenters. The van der Waals surface area contributed by atoms with E-state index in [0.29, 0.717) is 33.0 Å². The minimum absolute atomic E-state index is 0.514. The van der Waals surface area contributed by atoms with Crippen LogP contribution in [-0.2, 0) is 9.47 Å². The number of ether oxygens (including phenoxy) is 4. The van der Waals surface area contributed by atoms with Crippen molar-refractivity contribution in [2.75, 3.05) is 39.6 Å². The molecule has 0 N–H and O–H groups in total. The molecule has 20 heavy (non-hydrogen) atoms. The van der Waals surface area contributed by atoms with Gasteiger partial charge in [0, 0.05) is 6.61 Å². The summed E-state index contributed by atoms with van der Waals surface area (Å²) >= 11 is 0. The van der Waals surface area contributed by atoms with Gasteiger partial charge in [-0.15, -0.1) is 0 Å². The van der Waals surface area contributed by atoms with Gasteiger partial charge in [0.15, 0.2) is 11.5 Å². The normalized spacial score (nSPS) is 10.5. The van der Waals surface area contributed by atoms with E-state index in [4.69, 9.17) is 18.9 Å². The van der Waals surface area contributed by atoms with Gasteiger partial charge in [0.2, 0.25) is 0 Å². The molecule has 0 spiro atoms. The highest BCUT2D eigenvalue weighted by Gasteiger charge is 2.03. The average molecular weight is 282 g/mol. The second-order valence-electron chi connectivity index (χ2n) is 4.37. The van der Waals surface area contributed by atoms with Crippen LogP contribution in [0.1, 0.15) is 26.7 Å². The third kappa shape index (κ3) is 7.36. The highest BCUT2D eigenvalue weighted by molar-refractivity contribution is 5.39. The maximum Gasteiger partial charge on any atom is 0.161 e. The van der Waals surface area contributed by atoms with Gasteiger partial charge in [0.05, 0.1) is 26.4 Å². The van der Waals surface area contributed by atoms with Crippen LogP contribution in [-0.4, -0.2) is 39.6 Å². The van der Waals surface area contributed by atoms with Crippen molar-refractivity contribution >= 4 is 0 Å². The van der Waals surface area contributed by atoms with Gasteiger partial charge in [0.25, 0.3) is 0 Å². The topological polar surface area (TPSA) is 36.9 Å². The van der Waals surface area contributed by atoms with E-state index in [9.17, 15) is 0 Å². The van der Waals surface area contributed by atoms with Crippen LogP contribution in [0.25, 0.3) is 0 Å². The fourth-order valence-electron chi connectivity index (χ4n) is 1.58. The van der Waals surface area contributed by atoms with E-state index < -0.39 is 0 Å². The van der Waals surface area contributed by atoms with E-state index in [1.165, 1.54) is 0 Å². The molecule has 0 aliphatic rings. The zero-order chi connectivity index (χ0) is 14.5. The predicted molar refractivity (Wildman–Crippen MR) is 79.7 cm³/mol. The van der Waals surface area contributed by atoms with Crippen LogP contribution in [0.3, 0.4) is 0 Å². The molecule has 0 aromatic heterocycles. The highest BCUT2D eigenvalue weighted by Crippen LogP contribution is 2.26. The summed E-state index contributed by atoms with van der Waals surface area (Å²) in [6.07, 6.45) is 2.02. The second-order valence-corrected chi connectivity index (χ2v) is 4.37. The molecule has 0 saturated carbocycles. The van der Waals surface area contributed by atoms with E-state index in [1.54, 1.807) is 0 Å². The first-order chi connectivity index (χ1) is 9.88. The van der Waals surface area contributed by atoms with Crippen LogP contribution in [0.2, 0.25) is 0 Å². The van der Waals surface area contributed by atoms with Gasteiger partial charge in [0.1, 0.15) is 6.61 Å². The van der Waals surface area contributed by atoms with Crippen LogP contribution in [0, 0.1) is 0 Å². The summed E-state index contributed by atoms with van der Waals surface area (Å²) in [4.78, 5) is 0. The molecule has 0 aliphatic heterocycles. The Morgan fingerprint density at radius 2 is 1.15 bits per heavy atom. The van der Waals surface area contributed by atoms with E-state index in [2.05, 4.69) is 13.8 Å². The highest BCUT2D eigenvalue weighted by atomic mass is 16.6.